The van der Waals surface area contributed by atoms with Gasteiger partial charge in [-0.15, -0.1) is 0 Å². The number of benzene rings is 1. The second-order valence-corrected chi connectivity index (χ2v) is 5.38. The molecule has 0 radical (unpaired) electrons. The van der Waals surface area contributed by atoms with Crippen molar-refractivity contribution in [2.24, 2.45) is 5.73 Å². The molecule has 104 valence electrons. The summed E-state index contributed by atoms with van der Waals surface area (Å²) in [5.74, 6) is 1.72. The molecule has 0 spiro atoms. The minimum atomic E-state index is 0.113. The molecular weight excluding hydrogens is 240 g/mol. The third-order valence-electron chi connectivity index (χ3n) is 4.03. The first-order valence-corrected chi connectivity index (χ1v) is 7.19. The highest BCUT2D eigenvalue weighted by Crippen LogP contribution is 2.31. The molecule has 2 unspecified atom stereocenters. The van der Waals surface area contributed by atoms with Gasteiger partial charge in [0.25, 0.3) is 0 Å². The predicted molar refractivity (Wildman–Crippen MR) is 74.6 cm³/mol. The number of ether oxygens (including phenoxy) is 2. The Morgan fingerprint density at radius 2 is 2.05 bits per heavy atom. The monoisotopic (exact) mass is 262 g/mol. The van der Waals surface area contributed by atoms with E-state index in [2.05, 4.69) is 4.90 Å². The summed E-state index contributed by atoms with van der Waals surface area (Å²) >= 11 is 0. The highest BCUT2D eigenvalue weighted by Gasteiger charge is 2.27. The average molecular weight is 262 g/mol. The second-order valence-electron chi connectivity index (χ2n) is 5.38. The molecule has 1 fully saturated rings. The lowest BCUT2D eigenvalue weighted by Crippen LogP contribution is -2.50. The summed E-state index contributed by atoms with van der Waals surface area (Å²) in [5, 5.41) is 0. The van der Waals surface area contributed by atoms with Crippen molar-refractivity contribution < 1.29 is 9.47 Å². The Balaban J connectivity index is 1.62. The van der Waals surface area contributed by atoms with E-state index in [0.29, 0.717) is 12.6 Å². The molecule has 2 aliphatic heterocycles. The van der Waals surface area contributed by atoms with Crippen LogP contribution in [0.2, 0.25) is 0 Å². The molecule has 0 amide bonds. The van der Waals surface area contributed by atoms with Gasteiger partial charge in [0, 0.05) is 19.1 Å². The Morgan fingerprint density at radius 3 is 2.89 bits per heavy atom. The molecular formula is C15H22N2O2. The van der Waals surface area contributed by atoms with Gasteiger partial charge in [-0.2, -0.15) is 0 Å². The minimum absolute atomic E-state index is 0.113. The standard InChI is InChI=1S/C15H22N2O2/c16-9-12-5-3-4-8-17(12)10-13-11-18-14-6-1-2-7-15(14)19-13/h1-2,6-7,12-13H,3-5,8-11,16H2. The van der Waals surface area contributed by atoms with Crippen molar-refractivity contribution in [3.05, 3.63) is 24.3 Å². The Hall–Kier alpha value is -1.26. The van der Waals surface area contributed by atoms with Crippen molar-refractivity contribution in [3.8, 4) is 11.5 Å². The first kappa shape index (κ1) is 12.8. The molecule has 0 aliphatic carbocycles. The number of nitrogens with two attached hydrogens (primary N) is 1. The van der Waals surface area contributed by atoms with Crippen molar-refractivity contribution in [1.29, 1.82) is 0 Å². The summed E-state index contributed by atoms with van der Waals surface area (Å²) in [6, 6.07) is 8.38. The first-order chi connectivity index (χ1) is 9.36. The molecule has 3 rings (SSSR count). The Labute approximate surface area is 114 Å². The van der Waals surface area contributed by atoms with Crippen molar-refractivity contribution >= 4 is 0 Å². The normalized spacial score (nSPS) is 27.2. The van der Waals surface area contributed by atoms with Crippen molar-refractivity contribution in [3.63, 3.8) is 0 Å². The molecule has 19 heavy (non-hydrogen) atoms. The van der Waals surface area contributed by atoms with E-state index in [1.54, 1.807) is 0 Å². The van der Waals surface area contributed by atoms with Crippen LogP contribution in [0.1, 0.15) is 19.3 Å². The smallest absolute Gasteiger partial charge is 0.161 e. The minimum Gasteiger partial charge on any atom is -0.486 e. The lowest BCUT2D eigenvalue weighted by atomic mass is 10.0. The number of fused-ring (bicyclic) bond motifs is 1. The van der Waals surface area contributed by atoms with Crippen molar-refractivity contribution in [1.82, 2.24) is 4.90 Å². The van der Waals surface area contributed by atoms with Gasteiger partial charge in [-0.3, -0.25) is 4.90 Å². The van der Waals surface area contributed by atoms with Crippen LogP contribution in [0.4, 0.5) is 0 Å². The fourth-order valence-corrected chi connectivity index (χ4v) is 2.98. The molecule has 2 heterocycles. The van der Waals surface area contributed by atoms with Gasteiger partial charge in [-0.1, -0.05) is 18.6 Å². The number of rotatable bonds is 3. The lowest BCUT2D eigenvalue weighted by molar-refractivity contribution is 0.0360. The van der Waals surface area contributed by atoms with E-state index >= 15 is 0 Å². The number of hydrogen-bond donors (Lipinski definition) is 1. The maximum atomic E-state index is 6.02. The van der Waals surface area contributed by atoms with E-state index in [1.165, 1.54) is 19.3 Å². The van der Waals surface area contributed by atoms with E-state index < -0.39 is 0 Å². The molecule has 4 nitrogen and oxygen atoms in total. The van der Waals surface area contributed by atoms with E-state index in [9.17, 15) is 0 Å². The van der Waals surface area contributed by atoms with Gasteiger partial charge in [0.2, 0.25) is 0 Å². The van der Waals surface area contributed by atoms with Gasteiger partial charge < -0.3 is 15.2 Å². The average Bonchev–Trinajstić information content (AvgIpc) is 2.48. The second kappa shape index (κ2) is 5.80. The first-order valence-electron chi connectivity index (χ1n) is 7.19. The molecule has 1 aromatic rings. The summed E-state index contributed by atoms with van der Waals surface area (Å²) in [7, 11) is 0. The molecule has 4 heteroatoms. The Morgan fingerprint density at radius 1 is 1.21 bits per heavy atom. The zero-order valence-corrected chi connectivity index (χ0v) is 11.3. The molecule has 0 aromatic heterocycles. The van der Waals surface area contributed by atoms with Crippen LogP contribution in [0.3, 0.4) is 0 Å². The van der Waals surface area contributed by atoms with Crippen LogP contribution >= 0.6 is 0 Å². The number of hydrogen-bond acceptors (Lipinski definition) is 4. The van der Waals surface area contributed by atoms with Gasteiger partial charge in [0.15, 0.2) is 11.5 Å². The van der Waals surface area contributed by atoms with Gasteiger partial charge in [-0.05, 0) is 31.5 Å². The summed E-state index contributed by atoms with van der Waals surface area (Å²) < 4.78 is 11.8. The SMILES string of the molecule is NCC1CCCCN1CC1COc2ccccc2O1. The summed E-state index contributed by atoms with van der Waals surface area (Å²) in [4.78, 5) is 2.46. The third-order valence-corrected chi connectivity index (χ3v) is 4.03. The molecule has 0 saturated carbocycles. The number of nitrogens with zero attached hydrogens (tertiary/aromatic N) is 1. The number of piperidine rings is 1. The zero-order chi connectivity index (χ0) is 13.1. The van der Waals surface area contributed by atoms with Gasteiger partial charge in [-0.25, -0.2) is 0 Å². The number of para-hydroxylation sites is 2. The van der Waals surface area contributed by atoms with Crippen molar-refractivity contribution in [2.45, 2.75) is 31.4 Å². The van der Waals surface area contributed by atoms with Crippen LogP contribution < -0.4 is 15.2 Å². The van der Waals surface area contributed by atoms with Crippen LogP contribution in [0.25, 0.3) is 0 Å². The molecule has 2 aliphatic rings. The molecule has 1 aromatic carbocycles. The van der Waals surface area contributed by atoms with E-state index in [-0.39, 0.29) is 6.10 Å². The zero-order valence-electron chi connectivity index (χ0n) is 11.3. The topological polar surface area (TPSA) is 47.7 Å². The van der Waals surface area contributed by atoms with E-state index in [1.807, 2.05) is 24.3 Å². The molecule has 1 saturated heterocycles. The van der Waals surface area contributed by atoms with Crippen LogP contribution in [0.15, 0.2) is 24.3 Å². The Kier molecular flexibility index (Phi) is 3.89. The third kappa shape index (κ3) is 2.85. The van der Waals surface area contributed by atoms with E-state index in [4.69, 9.17) is 15.2 Å². The van der Waals surface area contributed by atoms with Crippen LogP contribution in [-0.4, -0.2) is 43.3 Å². The van der Waals surface area contributed by atoms with Gasteiger partial charge >= 0.3 is 0 Å². The highest BCUT2D eigenvalue weighted by molar-refractivity contribution is 5.40. The summed E-state index contributed by atoms with van der Waals surface area (Å²) in [6.45, 7) is 3.41. The maximum absolute atomic E-state index is 6.02. The van der Waals surface area contributed by atoms with Crippen LogP contribution in [-0.2, 0) is 0 Å². The van der Waals surface area contributed by atoms with Crippen LogP contribution in [0, 0.1) is 0 Å². The summed E-state index contributed by atoms with van der Waals surface area (Å²) in [6.07, 6.45) is 3.88. The van der Waals surface area contributed by atoms with E-state index in [0.717, 1.165) is 31.1 Å². The quantitative estimate of drug-likeness (QED) is 0.899. The van der Waals surface area contributed by atoms with Crippen molar-refractivity contribution in [2.75, 3.05) is 26.2 Å². The highest BCUT2D eigenvalue weighted by atomic mass is 16.6. The van der Waals surface area contributed by atoms with Crippen LogP contribution in [0.5, 0.6) is 11.5 Å². The molecule has 2 atom stereocenters. The summed E-state index contributed by atoms with van der Waals surface area (Å²) in [5.41, 5.74) is 5.86. The fourth-order valence-electron chi connectivity index (χ4n) is 2.98. The molecule has 2 N–H and O–H groups in total. The lowest BCUT2D eigenvalue weighted by Gasteiger charge is -2.38. The van der Waals surface area contributed by atoms with Gasteiger partial charge in [0.1, 0.15) is 12.7 Å². The Bertz CT molecular complexity index is 424. The van der Waals surface area contributed by atoms with Gasteiger partial charge in [0.05, 0.1) is 0 Å². The molecule has 0 bridgehead atoms. The number of likely N-dealkylation sites (tertiary alicyclic amines) is 1. The maximum Gasteiger partial charge on any atom is 0.161 e. The fraction of sp³-hybridized carbons (Fsp3) is 0.600. The predicted octanol–water partition coefficient (Wildman–Crippen LogP) is 1.64. The largest absolute Gasteiger partial charge is 0.486 e.